The molecule has 0 aliphatic carbocycles. The molecule has 1 atom stereocenters. The summed E-state index contributed by atoms with van der Waals surface area (Å²) in [6.07, 6.45) is -2.36. The maximum atomic E-state index is 13.0. The summed E-state index contributed by atoms with van der Waals surface area (Å²) >= 11 is 0. The Bertz CT molecular complexity index is 1140. The van der Waals surface area contributed by atoms with E-state index in [0.717, 1.165) is 36.3 Å². The Balaban J connectivity index is 0.000000205. The second-order valence-corrected chi connectivity index (χ2v) is 8.52. The quantitative estimate of drug-likeness (QED) is 0.260. The second-order valence-electron chi connectivity index (χ2n) is 7.30. The number of hydrogen-bond donors (Lipinski definition) is 1. The summed E-state index contributed by atoms with van der Waals surface area (Å²) in [5.41, 5.74) is 0.415. The van der Waals surface area contributed by atoms with Gasteiger partial charge in [0.15, 0.2) is 11.0 Å². The summed E-state index contributed by atoms with van der Waals surface area (Å²) < 4.78 is 80.0. The standard InChI is InChI=1S/C14H13FN2O2S.C10H11F3O2/c15-13-4-1-5-14(16-13)17-20(18)11-7-6-10-3-2-8-19-12(10)9-11;1-14-5-6-15-9-4-2-3-8(7-9)10(11,12)13/h1,4-7,9H,2-3,8H2,(H,16,17);2-4,7H,5-6H2,1H3. The third-order valence-corrected chi connectivity index (χ3v) is 5.81. The van der Waals surface area contributed by atoms with Gasteiger partial charge in [0.2, 0.25) is 5.95 Å². The highest BCUT2D eigenvalue weighted by molar-refractivity contribution is 7.86. The average Bonchev–Trinajstić information content (AvgIpc) is 2.84. The Labute approximate surface area is 202 Å². The van der Waals surface area contributed by atoms with Gasteiger partial charge in [-0.05, 0) is 60.9 Å². The Morgan fingerprint density at radius 1 is 1.09 bits per heavy atom. The van der Waals surface area contributed by atoms with Crippen LogP contribution in [0.3, 0.4) is 0 Å². The van der Waals surface area contributed by atoms with Crippen molar-refractivity contribution in [3.63, 3.8) is 0 Å². The number of ether oxygens (including phenoxy) is 3. The molecule has 4 rings (SSSR count). The van der Waals surface area contributed by atoms with Crippen molar-refractivity contribution < 1.29 is 36.0 Å². The molecular formula is C24H24F4N2O4S. The summed E-state index contributed by atoms with van der Waals surface area (Å²) in [4.78, 5) is 4.20. The van der Waals surface area contributed by atoms with Crippen LogP contribution in [-0.4, -0.2) is 36.1 Å². The van der Waals surface area contributed by atoms with Crippen LogP contribution in [0.1, 0.15) is 17.5 Å². The topological polar surface area (TPSA) is 69.7 Å². The van der Waals surface area contributed by atoms with Crippen molar-refractivity contribution in [2.45, 2.75) is 23.9 Å². The van der Waals surface area contributed by atoms with Crippen LogP contribution >= 0.6 is 0 Å². The third-order valence-electron chi connectivity index (χ3n) is 4.73. The van der Waals surface area contributed by atoms with Gasteiger partial charge in [-0.1, -0.05) is 18.2 Å². The predicted molar refractivity (Wildman–Crippen MR) is 123 cm³/mol. The van der Waals surface area contributed by atoms with Gasteiger partial charge in [0.25, 0.3) is 0 Å². The van der Waals surface area contributed by atoms with Crippen LogP contribution in [0.5, 0.6) is 11.5 Å². The maximum absolute atomic E-state index is 13.0. The zero-order chi connectivity index (χ0) is 25.3. The van der Waals surface area contributed by atoms with Gasteiger partial charge in [0.1, 0.15) is 23.9 Å². The highest BCUT2D eigenvalue weighted by atomic mass is 32.2. The zero-order valence-corrected chi connectivity index (χ0v) is 19.6. The Kier molecular flexibility index (Phi) is 9.44. The molecule has 2 aromatic carbocycles. The first-order chi connectivity index (χ1) is 16.8. The van der Waals surface area contributed by atoms with Crippen LogP contribution in [0.15, 0.2) is 65.6 Å². The molecule has 1 N–H and O–H groups in total. The molecule has 3 aromatic rings. The molecule has 11 heteroatoms. The first-order valence-electron chi connectivity index (χ1n) is 10.6. The van der Waals surface area contributed by atoms with Gasteiger partial charge in [0.05, 0.1) is 23.7 Å². The van der Waals surface area contributed by atoms with Gasteiger partial charge in [-0.15, -0.1) is 0 Å². The molecule has 0 spiro atoms. The molecule has 1 aliphatic heterocycles. The van der Waals surface area contributed by atoms with Crippen molar-refractivity contribution in [1.29, 1.82) is 0 Å². The van der Waals surface area contributed by atoms with E-state index >= 15 is 0 Å². The largest absolute Gasteiger partial charge is 0.493 e. The van der Waals surface area contributed by atoms with E-state index < -0.39 is 28.7 Å². The number of aromatic nitrogens is 1. The van der Waals surface area contributed by atoms with Crippen LogP contribution in [0, 0.1) is 5.95 Å². The molecular weight excluding hydrogens is 488 g/mol. The van der Waals surface area contributed by atoms with E-state index in [0.29, 0.717) is 18.1 Å². The minimum Gasteiger partial charge on any atom is -0.493 e. The number of anilines is 1. The molecule has 0 radical (unpaired) electrons. The molecule has 35 heavy (non-hydrogen) atoms. The van der Waals surface area contributed by atoms with Crippen LogP contribution in [0.4, 0.5) is 23.4 Å². The van der Waals surface area contributed by atoms with E-state index in [4.69, 9.17) is 14.2 Å². The Morgan fingerprint density at radius 2 is 1.89 bits per heavy atom. The predicted octanol–water partition coefficient (Wildman–Crippen LogP) is 5.41. The minimum absolute atomic E-state index is 0.196. The molecule has 2 heterocycles. The highest BCUT2D eigenvalue weighted by Gasteiger charge is 2.30. The summed E-state index contributed by atoms with van der Waals surface area (Å²) in [6.45, 7) is 1.26. The fourth-order valence-corrected chi connectivity index (χ4v) is 3.89. The molecule has 188 valence electrons. The summed E-state index contributed by atoms with van der Waals surface area (Å²) in [5, 5.41) is 0. The molecule has 0 bridgehead atoms. The van der Waals surface area contributed by atoms with Gasteiger partial charge in [-0.2, -0.15) is 17.6 Å². The van der Waals surface area contributed by atoms with Gasteiger partial charge in [0, 0.05) is 7.11 Å². The van der Waals surface area contributed by atoms with Crippen molar-refractivity contribution in [3.05, 3.63) is 77.7 Å². The van der Waals surface area contributed by atoms with Crippen LogP contribution < -0.4 is 14.2 Å². The molecule has 0 saturated carbocycles. The smallest absolute Gasteiger partial charge is 0.416 e. The molecule has 0 amide bonds. The van der Waals surface area contributed by atoms with E-state index in [1.165, 1.54) is 31.4 Å². The number of methoxy groups -OCH3 is 1. The van der Waals surface area contributed by atoms with Gasteiger partial charge < -0.3 is 14.2 Å². The number of fused-ring (bicyclic) bond motifs is 1. The number of benzene rings is 2. The van der Waals surface area contributed by atoms with E-state index in [2.05, 4.69) is 9.71 Å². The van der Waals surface area contributed by atoms with E-state index in [1.807, 2.05) is 6.07 Å². The summed E-state index contributed by atoms with van der Waals surface area (Å²) in [7, 11) is -0.00433. The summed E-state index contributed by atoms with van der Waals surface area (Å²) in [5.74, 6) is 0.598. The Hall–Kier alpha value is -3.18. The zero-order valence-electron chi connectivity index (χ0n) is 18.8. The molecule has 1 aromatic heterocycles. The van der Waals surface area contributed by atoms with Crippen molar-refractivity contribution >= 4 is 16.8 Å². The SMILES string of the molecule is COCCOc1cccc(C(F)(F)F)c1.O=S(Nc1cccc(F)n1)c1ccc2c(c1)OCCC2. The van der Waals surface area contributed by atoms with Crippen molar-refractivity contribution in [2.75, 3.05) is 31.7 Å². The lowest BCUT2D eigenvalue weighted by Gasteiger charge is -2.17. The number of pyridine rings is 1. The molecule has 0 saturated heterocycles. The molecule has 0 fully saturated rings. The minimum atomic E-state index is -4.33. The van der Waals surface area contributed by atoms with Crippen molar-refractivity contribution in [3.8, 4) is 11.5 Å². The lowest BCUT2D eigenvalue weighted by Crippen LogP contribution is -2.11. The number of alkyl halides is 3. The molecule has 6 nitrogen and oxygen atoms in total. The fourth-order valence-electron chi connectivity index (χ4n) is 3.06. The Morgan fingerprint density at radius 3 is 2.63 bits per heavy atom. The second kappa shape index (κ2) is 12.5. The lowest BCUT2D eigenvalue weighted by atomic mass is 10.1. The monoisotopic (exact) mass is 512 g/mol. The number of aryl methyl sites for hydroxylation is 1. The van der Waals surface area contributed by atoms with Crippen LogP contribution in [-0.2, 0) is 28.3 Å². The average molecular weight is 513 g/mol. The fraction of sp³-hybridized carbons (Fsp3) is 0.292. The maximum Gasteiger partial charge on any atom is 0.416 e. The van der Waals surface area contributed by atoms with E-state index in [1.54, 1.807) is 18.2 Å². The first-order valence-corrected chi connectivity index (χ1v) is 11.8. The van der Waals surface area contributed by atoms with Crippen LogP contribution in [0.2, 0.25) is 0 Å². The number of hydrogen-bond acceptors (Lipinski definition) is 5. The summed E-state index contributed by atoms with van der Waals surface area (Å²) in [6, 6.07) is 14.5. The van der Waals surface area contributed by atoms with Gasteiger partial charge >= 0.3 is 6.18 Å². The van der Waals surface area contributed by atoms with E-state index in [9.17, 15) is 21.8 Å². The van der Waals surface area contributed by atoms with Crippen LogP contribution in [0.25, 0.3) is 0 Å². The number of nitrogens with zero attached hydrogens (tertiary/aromatic N) is 1. The van der Waals surface area contributed by atoms with E-state index in [-0.39, 0.29) is 18.2 Å². The lowest BCUT2D eigenvalue weighted by molar-refractivity contribution is -0.137. The van der Waals surface area contributed by atoms with Gasteiger partial charge in [-0.25, -0.2) is 9.19 Å². The first kappa shape index (κ1) is 26.4. The van der Waals surface area contributed by atoms with Crippen molar-refractivity contribution in [1.82, 2.24) is 4.98 Å². The number of nitrogens with one attached hydrogen (secondary N) is 1. The third kappa shape index (κ3) is 8.22. The molecule has 1 unspecified atom stereocenters. The number of halogens is 4. The molecule has 1 aliphatic rings. The highest BCUT2D eigenvalue weighted by Crippen LogP contribution is 2.31. The number of rotatable bonds is 7. The van der Waals surface area contributed by atoms with Crippen molar-refractivity contribution in [2.24, 2.45) is 0 Å². The normalized spacial score (nSPS) is 13.5. The van der Waals surface area contributed by atoms with Gasteiger partial charge in [-0.3, -0.25) is 4.72 Å².